The average molecular weight is 241 g/mol. The van der Waals surface area contributed by atoms with Gasteiger partial charge in [0, 0.05) is 12.4 Å². The fraction of sp³-hybridized carbons (Fsp3) is 0.300. The van der Waals surface area contributed by atoms with Crippen LogP contribution in [0.3, 0.4) is 0 Å². The number of pyridine rings is 1. The highest BCUT2D eigenvalue weighted by Gasteiger charge is 2.51. The third-order valence-corrected chi connectivity index (χ3v) is 2.83. The maximum Gasteiger partial charge on any atom is 0.329 e. The summed E-state index contributed by atoms with van der Waals surface area (Å²) in [4.78, 5) is 26.4. The summed E-state index contributed by atoms with van der Waals surface area (Å²) >= 11 is 5.78. The minimum atomic E-state index is -1.09. The van der Waals surface area contributed by atoms with Crippen LogP contribution in [0, 0.1) is 0 Å². The molecule has 1 saturated carbocycles. The number of halogens is 1. The highest BCUT2D eigenvalue weighted by Crippen LogP contribution is 2.36. The lowest BCUT2D eigenvalue weighted by atomic mass is 10.2. The van der Waals surface area contributed by atoms with Crippen LogP contribution in [-0.4, -0.2) is 27.5 Å². The van der Waals surface area contributed by atoms with Crippen LogP contribution in [0.5, 0.6) is 0 Å². The molecule has 1 aliphatic rings. The molecule has 0 radical (unpaired) electrons. The molecule has 1 fully saturated rings. The van der Waals surface area contributed by atoms with Gasteiger partial charge in [-0.15, -0.1) is 0 Å². The van der Waals surface area contributed by atoms with Crippen LogP contribution < -0.4 is 5.32 Å². The standard InChI is InChI=1S/C10H9ClN2O3/c11-7-5-12-4-1-6(7)8(14)13-10(2-3-10)9(15)16/h1,4-5H,2-3H2,(H,13,14)(H,15,16). The lowest BCUT2D eigenvalue weighted by molar-refractivity contribution is -0.140. The Bertz CT molecular complexity index is 457. The number of amides is 1. The SMILES string of the molecule is O=C(NC1(C(=O)O)CC1)c1ccncc1Cl. The second kappa shape index (κ2) is 3.75. The fourth-order valence-corrected chi connectivity index (χ4v) is 1.57. The van der Waals surface area contributed by atoms with E-state index in [1.54, 1.807) is 0 Å². The molecule has 84 valence electrons. The predicted molar refractivity (Wildman–Crippen MR) is 56.3 cm³/mol. The molecule has 0 bridgehead atoms. The summed E-state index contributed by atoms with van der Waals surface area (Å²) in [7, 11) is 0. The van der Waals surface area contributed by atoms with Gasteiger partial charge in [0.2, 0.25) is 0 Å². The summed E-state index contributed by atoms with van der Waals surface area (Å²) in [5, 5.41) is 11.6. The molecule has 0 spiro atoms. The van der Waals surface area contributed by atoms with Gasteiger partial charge in [0.25, 0.3) is 5.91 Å². The molecule has 16 heavy (non-hydrogen) atoms. The Hall–Kier alpha value is -1.62. The lowest BCUT2D eigenvalue weighted by Crippen LogP contribution is -2.43. The molecule has 2 rings (SSSR count). The molecule has 1 amide bonds. The third kappa shape index (κ3) is 1.86. The van der Waals surface area contributed by atoms with Crippen LogP contribution in [0.1, 0.15) is 23.2 Å². The van der Waals surface area contributed by atoms with Crippen LogP contribution in [0.25, 0.3) is 0 Å². The smallest absolute Gasteiger partial charge is 0.329 e. The Morgan fingerprint density at radius 2 is 2.19 bits per heavy atom. The molecular formula is C10H9ClN2O3. The first-order chi connectivity index (χ1) is 7.55. The second-order valence-corrected chi connectivity index (χ2v) is 4.10. The van der Waals surface area contributed by atoms with Gasteiger partial charge in [0.15, 0.2) is 0 Å². The summed E-state index contributed by atoms with van der Waals surface area (Å²) in [5.74, 6) is -1.49. The summed E-state index contributed by atoms with van der Waals surface area (Å²) in [5.41, 5.74) is -0.854. The normalized spacial score (nSPS) is 16.6. The summed E-state index contributed by atoms with van der Waals surface area (Å²) in [6.07, 6.45) is 3.69. The second-order valence-electron chi connectivity index (χ2n) is 3.70. The van der Waals surface area contributed by atoms with Crippen LogP contribution >= 0.6 is 11.6 Å². The van der Waals surface area contributed by atoms with E-state index in [0.29, 0.717) is 12.8 Å². The first-order valence-corrected chi connectivity index (χ1v) is 5.08. The Balaban J connectivity index is 2.16. The molecule has 2 N–H and O–H groups in total. The molecule has 1 heterocycles. The van der Waals surface area contributed by atoms with Gasteiger partial charge in [-0.3, -0.25) is 9.78 Å². The first-order valence-electron chi connectivity index (χ1n) is 4.71. The molecule has 1 aromatic heterocycles. The largest absolute Gasteiger partial charge is 0.480 e. The molecule has 1 aliphatic carbocycles. The first kappa shape index (κ1) is 10.9. The van der Waals surface area contributed by atoms with Crippen molar-refractivity contribution in [2.24, 2.45) is 0 Å². The maximum absolute atomic E-state index is 11.7. The van der Waals surface area contributed by atoms with Crippen molar-refractivity contribution in [3.63, 3.8) is 0 Å². The monoisotopic (exact) mass is 240 g/mol. The summed E-state index contributed by atoms with van der Waals surface area (Å²) in [6, 6.07) is 1.45. The van der Waals surface area contributed by atoms with Crippen molar-refractivity contribution >= 4 is 23.5 Å². The van der Waals surface area contributed by atoms with Crippen LogP contribution in [0.15, 0.2) is 18.5 Å². The van der Waals surface area contributed by atoms with E-state index in [1.807, 2.05) is 0 Å². The average Bonchev–Trinajstić information content (AvgIpc) is 2.99. The van der Waals surface area contributed by atoms with E-state index in [0.717, 1.165) is 0 Å². The van der Waals surface area contributed by atoms with E-state index in [4.69, 9.17) is 16.7 Å². The predicted octanol–water partition coefficient (Wildman–Crippen LogP) is 1.08. The number of carbonyl (C=O) groups excluding carboxylic acids is 1. The molecule has 0 aromatic carbocycles. The number of aromatic nitrogens is 1. The van der Waals surface area contributed by atoms with E-state index in [1.165, 1.54) is 18.5 Å². The number of rotatable bonds is 3. The van der Waals surface area contributed by atoms with E-state index in [-0.39, 0.29) is 10.6 Å². The Morgan fingerprint density at radius 1 is 1.50 bits per heavy atom. The van der Waals surface area contributed by atoms with Gasteiger partial charge in [-0.05, 0) is 18.9 Å². The maximum atomic E-state index is 11.7. The van der Waals surface area contributed by atoms with Crippen molar-refractivity contribution in [1.82, 2.24) is 10.3 Å². The zero-order valence-corrected chi connectivity index (χ0v) is 8.99. The van der Waals surface area contributed by atoms with Crippen molar-refractivity contribution < 1.29 is 14.7 Å². The number of aliphatic carboxylic acids is 1. The van der Waals surface area contributed by atoms with Crippen molar-refractivity contribution in [2.75, 3.05) is 0 Å². The topological polar surface area (TPSA) is 79.3 Å². The number of carboxylic acids is 1. The Morgan fingerprint density at radius 3 is 2.69 bits per heavy atom. The minimum Gasteiger partial charge on any atom is -0.480 e. The van der Waals surface area contributed by atoms with Crippen molar-refractivity contribution in [3.05, 3.63) is 29.0 Å². The zero-order chi connectivity index (χ0) is 11.8. The van der Waals surface area contributed by atoms with Gasteiger partial charge in [-0.1, -0.05) is 11.6 Å². The van der Waals surface area contributed by atoms with E-state index < -0.39 is 17.4 Å². The van der Waals surface area contributed by atoms with Crippen molar-refractivity contribution in [3.8, 4) is 0 Å². The number of carbonyl (C=O) groups is 2. The number of nitrogens with zero attached hydrogens (tertiary/aromatic N) is 1. The number of hydrogen-bond acceptors (Lipinski definition) is 3. The number of nitrogens with one attached hydrogen (secondary N) is 1. The summed E-state index contributed by atoms with van der Waals surface area (Å²) in [6.45, 7) is 0. The molecule has 0 aliphatic heterocycles. The van der Waals surface area contributed by atoms with Gasteiger partial charge in [0.05, 0.1) is 10.6 Å². The van der Waals surface area contributed by atoms with Gasteiger partial charge in [0.1, 0.15) is 5.54 Å². The fourth-order valence-electron chi connectivity index (χ4n) is 1.36. The Labute approximate surface area is 96.4 Å². The van der Waals surface area contributed by atoms with E-state index >= 15 is 0 Å². The third-order valence-electron chi connectivity index (χ3n) is 2.53. The highest BCUT2D eigenvalue weighted by atomic mass is 35.5. The molecule has 0 atom stereocenters. The zero-order valence-electron chi connectivity index (χ0n) is 8.24. The minimum absolute atomic E-state index is 0.209. The molecular weight excluding hydrogens is 232 g/mol. The van der Waals surface area contributed by atoms with Crippen molar-refractivity contribution in [2.45, 2.75) is 18.4 Å². The number of carboxylic acid groups (broad SMARTS) is 1. The molecule has 0 saturated heterocycles. The summed E-state index contributed by atoms with van der Waals surface area (Å²) < 4.78 is 0. The Kier molecular flexibility index (Phi) is 2.55. The molecule has 0 unspecified atom stereocenters. The number of hydrogen-bond donors (Lipinski definition) is 2. The van der Waals surface area contributed by atoms with Gasteiger partial charge >= 0.3 is 5.97 Å². The van der Waals surface area contributed by atoms with Gasteiger partial charge in [-0.25, -0.2) is 4.79 Å². The van der Waals surface area contributed by atoms with Crippen LogP contribution in [-0.2, 0) is 4.79 Å². The lowest BCUT2D eigenvalue weighted by Gasteiger charge is -2.12. The van der Waals surface area contributed by atoms with Gasteiger partial charge < -0.3 is 10.4 Å². The molecule has 5 nitrogen and oxygen atoms in total. The molecule has 6 heteroatoms. The van der Waals surface area contributed by atoms with Crippen LogP contribution in [0.4, 0.5) is 0 Å². The van der Waals surface area contributed by atoms with Crippen molar-refractivity contribution in [1.29, 1.82) is 0 Å². The van der Waals surface area contributed by atoms with Crippen LogP contribution in [0.2, 0.25) is 5.02 Å². The quantitative estimate of drug-likeness (QED) is 0.829. The van der Waals surface area contributed by atoms with Gasteiger partial charge in [-0.2, -0.15) is 0 Å². The highest BCUT2D eigenvalue weighted by molar-refractivity contribution is 6.33. The van der Waals surface area contributed by atoms with E-state index in [2.05, 4.69) is 10.3 Å². The van der Waals surface area contributed by atoms with E-state index in [9.17, 15) is 9.59 Å². The molecule has 1 aromatic rings.